The summed E-state index contributed by atoms with van der Waals surface area (Å²) in [5.74, 6) is 1.02. The lowest BCUT2D eigenvalue weighted by atomic mass is 10.2. The van der Waals surface area contributed by atoms with E-state index >= 15 is 0 Å². The molecule has 0 atom stereocenters. The minimum atomic E-state index is -0.0905. The van der Waals surface area contributed by atoms with Crippen molar-refractivity contribution in [3.05, 3.63) is 57.2 Å². The highest BCUT2D eigenvalue weighted by molar-refractivity contribution is 14.1. The molecule has 0 aliphatic rings. The van der Waals surface area contributed by atoms with Crippen LogP contribution in [0.2, 0.25) is 0 Å². The van der Waals surface area contributed by atoms with Gasteiger partial charge in [-0.15, -0.1) is 0 Å². The average molecular weight is 398 g/mol. The number of halogens is 1. The van der Waals surface area contributed by atoms with Gasteiger partial charge in [0.1, 0.15) is 6.61 Å². The van der Waals surface area contributed by atoms with Crippen LogP contribution < -0.4 is 15.0 Å². The number of amidine groups is 1. The topological polar surface area (TPSA) is 74.6 Å². The molecule has 0 spiro atoms. The van der Waals surface area contributed by atoms with Crippen molar-refractivity contribution < 1.29 is 14.7 Å². The largest absolute Gasteiger partial charge is 0.493 e. The van der Waals surface area contributed by atoms with Gasteiger partial charge in [0.25, 0.3) is 0 Å². The van der Waals surface area contributed by atoms with Gasteiger partial charge in [0.05, 0.1) is 7.11 Å². The van der Waals surface area contributed by atoms with Crippen LogP contribution in [0.4, 0.5) is 0 Å². The van der Waals surface area contributed by atoms with E-state index in [-0.39, 0.29) is 5.84 Å². The third kappa shape index (κ3) is 3.85. The lowest BCUT2D eigenvalue weighted by Crippen LogP contribution is -2.20. The molecular formula is C15H15IN2O3. The Kier molecular flexibility index (Phi) is 5.40. The fourth-order valence-corrected chi connectivity index (χ4v) is 2.50. The highest BCUT2D eigenvalue weighted by atomic mass is 127. The lowest BCUT2D eigenvalue weighted by Gasteiger charge is -2.14. The van der Waals surface area contributed by atoms with Crippen LogP contribution in [-0.4, -0.2) is 18.2 Å². The van der Waals surface area contributed by atoms with Gasteiger partial charge in [0.15, 0.2) is 17.3 Å². The fraction of sp³-hybridized carbons (Fsp3) is 0.133. The minimum absolute atomic E-state index is 0.0905. The average Bonchev–Trinajstić information content (AvgIpc) is 2.53. The van der Waals surface area contributed by atoms with Gasteiger partial charge in [-0.2, -0.15) is 0 Å². The van der Waals surface area contributed by atoms with Gasteiger partial charge >= 0.3 is 0 Å². The van der Waals surface area contributed by atoms with Gasteiger partial charge in [-0.25, -0.2) is 0 Å². The number of hydroxylamine groups is 1. The van der Waals surface area contributed by atoms with Crippen LogP contribution in [-0.2, 0) is 6.61 Å². The van der Waals surface area contributed by atoms with E-state index < -0.39 is 0 Å². The van der Waals surface area contributed by atoms with E-state index in [0.717, 1.165) is 9.13 Å². The van der Waals surface area contributed by atoms with Gasteiger partial charge in [0.2, 0.25) is 0 Å². The van der Waals surface area contributed by atoms with Crippen molar-refractivity contribution in [3.8, 4) is 11.5 Å². The van der Waals surface area contributed by atoms with Crippen LogP contribution in [0.3, 0.4) is 0 Å². The number of hydrogen-bond donors (Lipinski definition) is 3. The second kappa shape index (κ2) is 7.28. The molecule has 2 aromatic carbocycles. The number of methoxy groups -OCH3 is 1. The smallest absolute Gasteiger partial charge is 0.162 e. The molecule has 0 amide bonds. The molecular weight excluding hydrogens is 383 g/mol. The van der Waals surface area contributed by atoms with Crippen molar-refractivity contribution >= 4 is 28.4 Å². The van der Waals surface area contributed by atoms with Crippen LogP contribution in [0.5, 0.6) is 11.5 Å². The summed E-state index contributed by atoms with van der Waals surface area (Å²) in [4.78, 5) is 0. The SMILES string of the molecule is COc1cc(C(=N)NO)c(I)cc1OCc1ccccc1. The number of benzene rings is 2. The Morgan fingerprint density at radius 1 is 1.24 bits per heavy atom. The molecule has 0 heterocycles. The zero-order chi connectivity index (χ0) is 15.2. The van der Waals surface area contributed by atoms with Gasteiger partial charge in [-0.3, -0.25) is 16.1 Å². The van der Waals surface area contributed by atoms with Gasteiger partial charge in [-0.05, 0) is 40.3 Å². The molecule has 0 bridgehead atoms. The van der Waals surface area contributed by atoms with E-state index in [0.29, 0.717) is 23.7 Å². The Labute approximate surface area is 136 Å². The first-order chi connectivity index (χ1) is 10.2. The van der Waals surface area contributed by atoms with E-state index in [1.165, 1.54) is 7.11 Å². The summed E-state index contributed by atoms with van der Waals surface area (Å²) in [5.41, 5.74) is 3.44. The maximum atomic E-state index is 8.85. The van der Waals surface area contributed by atoms with E-state index in [2.05, 4.69) is 22.6 Å². The number of hydrogen-bond acceptors (Lipinski definition) is 4. The molecule has 6 heteroatoms. The first-order valence-corrected chi connectivity index (χ1v) is 7.27. The zero-order valence-electron chi connectivity index (χ0n) is 11.4. The van der Waals surface area contributed by atoms with Crippen molar-refractivity contribution in [2.24, 2.45) is 0 Å². The molecule has 0 unspecified atom stereocenters. The molecule has 0 radical (unpaired) electrons. The number of ether oxygens (including phenoxy) is 2. The molecule has 2 aromatic rings. The predicted octanol–water partition coefficient (Wildman–Crippen LogP) is 3.18. The Bertz CT molecular complexity index is 632. The maximum Gasteiger partial charge on any atom is 0.162 e. The molecule has 0 aliphatic carbocycles. The minimum Gasteiger partial charge on any atom is -0.493 e. The highest BCUT2D eigenvalue weighted by Crippen LogP contribution is 2.32. The van der Waals surface area contributed by atoms with Crippen molar-refractivity contribution in [3.63, 3.8) is 0 Å². The summed E-state index contributed by atoms with van der Waals surface area (Å²) < 4.78 is 11.9. The predicted molar refractivity (Wildman–Crippen MR) is 88.2 cm³/mol. The molecule has 0 aromatic heterocycles. The Balaban J connectivity index is 2.23. The second-order valence-electron chi connectivity index (χ2n) is 4.24. The molecule has 5 nitrogen and oxygen atoms in total. The standard InChI is InChI=1S/C15H15IN2O3/c1-20-13-7-11(15(17)18-19)12(16)8-14(13)21-9-10-5-3-2-4-6-10/h2-8,19H,9H2,1H3,(H2,17,18). The van der Waals surface area contributed by atoms with Gasteiger partial charge in [-0.1, -0.05) is 30.3 Å². The van der Waals surface area contributed by atoms with Gasteiger partial charge in [0, 0.05) is 9.13 Å². The van der Waals surface area contributed by atoms with Crippen LogP contribution >= 0.6 is 22.6 Å². The van der Waals surface area contributed by atoms with Crippen molar-refractivity contribution in [2.75, 3.05) is 7.11 Å². The first-order valence-electron chi connectivity index (χ1n) is 6.19. The molecule has 0 fully saturated rings. The lowest BCUT2D eigenvalue weighted by molar-refractivity contribution is 0.234. The third-order valence-electron chi connectivity index (χ3n) is 2.87. The Morgan fingerprint density at radius 3 is 2.57 bits per heavy atom. The Morgan fingerprint density at radius 2 is 1.95 bits per heavy atom. The molecule has 3 N–H and O–H groups in total. The zero-order valence-corrected chi connectivity index (χ0v) is 13.5. The van der Waals surface area contributed by atoms with Crippen LogP contribution in [0.15, 0.2) is 42.5 Å². The summed E-state index contributed by atoms with van der Waals surface area (Å²) in [7, 11) is 1.54. The summed E-state index contributed by atoms with van der Waals surface area (Å²) in [6.45, 7) is 0.433. The molecule has 21 heavy (non-hydrogen) atoms. The van der Waals surface area contributed by atoms with Crippen molar-refractivity contribution in [2.45, 2.75) is 6.61 Å². The number of rotatable bonds is 5. The fourth-order valence-electron chi connectivity index (χ4n) is 1.79. The Hall–Kier alpha value is -1.80. The first kappa shape index (κ1) is 15.6. The van der Waals surface area contributed by atoms with Crippen molar-refractivity contribution in [1.82, 2.24) is 5.48 Å². The summed E-state index contributed by atoms with van der Waals surface area (Å²) in [6, 6.07) is 13.3. The monoisotopic (exact) mass is 398 g/mol. The van der Waals surface area contributed by atoms with E-state index in [1.807, 2.05) is 35.8 Å². The molecule has 0 aliphatic heterocycles. The summed E-state index contributed by atoms with van der Waals surface area (Å²) in [5, 5.41) is 16.5. The quantitative estimate of drug-likeness (QED) is 0.313. The molecule has 110 valence electrons. The molecule has 2 rings (SSSR count). The summed E-state index contributed by atoms with van der Waals surface area (Å²) in [6.07, 6.45) is 0. The van der Waals surface area contributed by atoms with Crippen LogP contribution in [0.1, 0.15) is 11.1 Å². The van der Waals surface area contributed by atoms with E-state index in [9.17, 15) is 0 Å². The molecule has 0 saturated carbocycles. The molecule has 0 saturated heterocycles. The number of nitrogens with one attached hydrogen (secondary N) is 2. The van der Waals surface area contributed by atoms with Crippen LogP contribution in [0, 0.1) is 8.98 Å². The van der Waals surface area contributed by atoms with E-state index in [4.69, 9.17) is 20.1 Å². The van der Waals surface area contributed by atoms with E-state index in [1.54, 1.807) is 12.1 Å². The summed E-state index contributed by atoms with van der Waals surface area (Å²) >= 11 is 2.08. The highest BCUT2D eigenvalue weighted by Gasteiger charge is 2.13. The normalized spacial score (nSPS) is 10.0. The third-order valence-corrected chi connectivity index (χ3v) is 3.76. The maximum absolute atomic E-state index is 8.85. The van der Waals surface area contributed by atoms with Crippen molar-refractivity contribution in [1.29, 1.82) is 5.41 Å². The van der Waals surface area contributed by atoms with Gasteiger partial charge < -0.3 is 9.47 Å². The second-order valence-corrected chi connectivity index (χ2v) is 5.41. The van der Waals surface area contributed by atoms with Crippen LogP contribution in [0.25, 0.3) is 0 Å².